The van der Waals surface area contributed by atoms with E-state index in [-0.39, 0.29) is 38.3 Å². The summed E-state index contributed by atoms with van der Waals surface area (Å²) in [7, 11) is -2.73. The fourth-order valence-electron chi connectivity index (χ4n) is 11.7. The van der Waals surface area contributed by atoms with Gasteiger partial charge in [0, 0.05) is 52.8 Å². The molecule has 16 aromatic rings. The molecule has 0 unspecified atom stereocenters. The lowest BCUT2D eigenvalue weighted by Gasteiger charge is -2.32. The normalized spacial score (nSPS) is 14.0. The summed E-state index contributed by atoms with van der Waals surface area (Å²) in [6.07, 6.45) is 0. The topological polar surface area (TPSA) is 210 Å². The van der Waals surface area contributed by atoms with Crippen molar-refractivity contribution in [3.63, 3.8) is 0 Å². The zero-order valence-electron chi connectivity index (χ0n) is 64.1. The molecule has 18 rings (SSSR count). The lowest BCUT2D eigenvalue weighted by molar-refractivity contribution is 0.00578. The van der Waals surface area contributed by atoms with Gasteiger partial charge in [0.25, 0.3) is 0 Å². The number of nitrogens with zero attached hydrogens (tertiary/aromatic N) is 6. The second-order valence-electron chi connectivity index (χ2n) is 27.7. The van der Waals surface area contributed by atoms with Crippen LogP contribution in [0.5, 0.6) is 5.75 Å². The highest BCUT2D eigenvalue weighted by Gasteiger charge is 2.63. The van der Waals surface area contributed by atoms with E-state index in [9.17, 15) is 4.39 Å². The van der Waals surface area contributed by atoms with Crippen LogP contribution in [0.15, 0.2) is 292 Å². The maximum absolute atomic E-state index is 9.96. The molecule has 2 aliphatic heterocycles. The minimum absolute atomic E-state index is 0.101. The number of fused-ring (bicyclic) bond motifs is 8. The summed E-state index contributed by atoms with van der Waals surface area (Å²) >= 11 is 32.2. The van der Waals surface area contributed by atoms with Gasteiger partial charge in [-0.2, -0.15) is 24.9 Å². The summed E-state index contributed by atoms with van der Waals surface area (Å²) in [5, 5.41) is 37.5. The van der Waals surface area contributed by atoms with E-state index in [2.05, 4.69) is 88.3 Å². The van der Waals surface area contributed by atoms with Gasteiger partial charge in [-0.05, 0) is 213 Å². The Labute approximate surface area is 696 Å². The Hall–Kier alpha value is -9.58. The lowest BCUT2D eigenvalue weighted by Crippen LogP contribution is -2.41. The monoisotopic (exact) mass is 1680 g/mol. The van der Waals surface area contributed by atoms with Crippen LogP contribution in [0, 0.1) is 0 Å². The van der Waals surface area contributed by atoms with E-state index >= 15 is 0 Å². The van der Waals surface area contributed by atoms with Gasteiger partial charge in [-0.15, -0.1) is 0 Å². The van der Waals surface area contributed by atoms with Gasteiger partial charge in [-0.25, -0.2) is 4.98 Å². The van der Waals surface area contributed by atoms with Crippen LogP contribution in [-0.2, 0) is 18.6 Å². The van der Waals surface area contributed by atoms with Crippen molar-refractivity contribution < 1.29 is 52.9 Å². The summed E-state index contributed by atoms with van der Waals surface area (Å²) in [6.45, 7) is 16.2. The smallest absolute Gasteiger partial charge is 0.537 e. The van der Waals surface area contributed by atoms with Gasteiger partial charge in [0.2, 0.25) is 15.9 Å². The minimum atomic E-state index is -1.46. The molecule has 12 aromatic carbocycles. The molecule has 6 heterocycles. The first-order valence-electron chi connectivity index (χ1n) is 36.4. The number of furan rings is 2. The Balaban J connectivity index is 0.000000134. The van der Waals surface area contributed by atoms with Gasteiger partial charge in [-0.1, -0.05) is 233 Å². The summed E-state index contributed by atoms with van der Waals surface area (Å²) in [4.78, 5) is 24.7. The highest BCUT2D eigenvalue weighted by molar-refractivity contribution is 9.10. The van der Waals surface area contributed by atoms with Crippen molar-refractivity contribution in [3.05, 3.63) is 309 Å². The second-order valence-corrected chi connectivity index (χ2v) is 30.5. The third-order valence-electron chi connectivity index (χ3n) is 19.0. The highest BCUT2D eigenvalue weighted by Crippen LogP contribution is 2.43. The first kappa shape index (κ1) is 83.8. The molecular weight excluding hydrogens is 1610 g/mol. The molecule has 27 heteroatoms. The summed E-state index contributed by atoms with van der Waals surface area (Å²) < 4.78 is 56.8. The molecule has 2 saturated heterocycles. The fourth-order valence-corrected chi connectivity index (χ4v) is 12.8. The largest absolute Gasteiger partial charge is 0.569 e. The molecular formula is C87H76B4BrCl5FN6O10. The van der Waals surface area contributed by atoms with Gasteiger partial charge < -0.3 is 47.2 Å². The molecule has 114 heavy (non-hydrogen) atoms. The number of aromatic nitrogens is 6. The van der Waals surface area contributed by atoms with E-state index in [1.54, 1.807) is 12.1 Å². The van der Waals surface area contributed by atoms with Crippen LogP contribution in [0.3, 0.4) is 0 Å². The number of halogens is 7. The number of rotatable bonds is 8. The molecule has 3 N–H and O–H groups in total. The van der Waals surface area contributed by atoms with E-state index in [1.165, 1.54) is 21.9 Å². The lowest BCUT2D eigenvalue weighted by atomic mass is 9.49. The van der Waals surface area contributed by atoms with Gasteiger partial charge >= 0.3 is 28.8 Å². The maximum Gasteiger partial charge on any atom is 0.569 e. The van der Waals surface area contributed by atoms with E-state index in [0.29, 0.717) is 42.0 Å². The van der Waals surface area contributed by atoms with Crippen LogP contribution in [0.25, 0.3) is 111 Å². The van der Waals surface area contributed by atoms with Gasteiger partial charge in [0.15, 0.2) is 17.5 Å². The number of hydrogen-bond acceptors (Lipinski definition) is 16. The van der Waals surface area contributed by atoms with E-state index in [0.717, 1.165) is 80.3 Å². The second kappa shape index (κ2) is 38.7. The standard InChI is InChI=1S/C21H12ClN3O.C16H11Cl.C12H24B2O4.C12H9BO3.C10H8BO2.C9H5Cl2N3.C6H4BrCl.CH3F/c22-21-24-19(13-6-2-1-3-7-13)23-20(25-21)14-10-11-16-15-8-4-5-9-17(15)26-18(16)12-14;17-16-9-7-13(8-10-16)15-6-5-12-3-1-2-4-14(12)11-15;1-9(2)10(3,4)16-13(15-9)14-17-11(5,6)12(7,8)18-14;14-13(15)8-5-6-10-9-3-1-2-4-11(9)16-12(10)7-8;12-11-13-10-6-5-8-3-1-2-4-9(8)7-10;10-8-12-7(13-9(11)14-8)6-4-2-1-3-5-6;7-5-1-3-6(8)4-2-5;1-2/h1-12H;1-11H;1-8H3;1-7,14-15H;1-7,12H;1-5H;1-4H;1H3/i;;;;;;;1D. The van der Waals surface area contributed by atoms with E-state index < -0.39 is 28.3 Å². The number of alkyl halides is 1. The third kappa shape index (κ3) is 21.9. The van der Waals surface area contributed by atoms with Crippen LogP contribution < -0.4 is 10.1 Å². The first-order valence-corrected chi connectivity index (χ1v) is 38.4. The zero-order valence-corrected chi connectivity index (χ0v) is 68.5. The van der Waals surface area contributed by atoms with Crippen molar-refractivity contribution >= 4 is 174 Å². The van der Waals surface area contributed by atoms with Gasteiger partial charge in [-0.3, -0.25) is 4.39 Å². The van der Waals surface area contributed by atoms with Crippen molar-refractivity contribution in [3.8, 4) is 51.0 Å². The summed E-state index contributed by atoms with van der Waals surface area (Å²) in [6, 6.07) is 89.9. The Kier molecular flexibility index (Phi) is 28.5. The van der Waals surface area contributed by atoms with E-state index in [4.69, 9.17) is 107 Å². The molecule has 1 radical (unpaired) electrons. The Morgan fingerprint density at radius 3 is 1.23 bits per heavy atom. The molecule has 16 nitrogen and oxygen atoms in total. The Morgan fingerprint density at radius 1 is 0.386 bits per heavy atom. The average molecular weight is 1690 g/mol. The predicted octanol–water partition coefficient (Wildman–Crippen LogP) is 22.7. The molecule has 575 valence electrons. The molecule has 2 aliphatic rings. The maximum atomic E-state index is 9.96. The Morgan fingerprint density at radius 2 is 0.754 bits per heavy atom. The quantitative estimate of drug-likeness (QED) is 0.121. The van der Waals surface area contributed by atoms with Crippen molar-refractivity contribution in [1.82, 2.24) is 29.9 Å². The molecule has 0 spiro atoms. The molecule has 0 atom stereocenters. The molecule has 4 aromatic heterocycles. The highest BCUT2D eigenvalue weighted by atomic mass is 79.9. The van der Waals surface area contributed by atoms with Crippen LogP contribution in [0.4, 0.5) is 4.39 Å². The number of hydrogen-bond donors (Lipinski definition) is 3. The van der Waals surface area contributed by atoms with Crippen molar-refractivity contribution in [2.24, 2.45) is 0 Å². The first-order chi connectivity index (χ1) is 55.1. The predicted molar refractivity (Wildman–Crippen MR) is 467 cm³/mol. The van der Waals surface area contributed by atoms with Gasteiger partial charge in [0.05, 0.1) is 30.9 Å². The SMILES string of the molecule is CC1(C)OB(B2OC(C)(C)C(C)(C)O2)OC1(C)C.Clc1ccc(-c2ccc3ccccc3c2)cc1.Clc1ccc(Br)cc1.Clc1nc(-c2ccccc2)nc(-c2ccc3c(c2)oc2ccccc23)n1.Clc1nc(Cl)nc(-c2ccccc2)n1.OB(O)c1ccc2c(c1)oc1ccccc12.O[B]Oc1ccc2ccccc2c1.[2H]CF. The summed E-state index contributed by atoms with van der Waals surface area (Å²) in [5.74, 6) is 2.19. The van der Waals surface area contributed by atoms with Crippen LogP contribution in [0.2, 0.25) is 25.9 Å². The van der Waals surface area contributed by atoms with Crippen molar-refractivity contribution in [2.75, 3.05) is 7.15 Å². The average Bonchev–Trinajstić information content (AvgIpc) is 1.60. The zero-order chi connectivity index (χ0) is 82.0. The molecule has 0 bridgehead atoms. The Bertz CT molecular complexity index is 5810. The minimum Gasteiger partial charge on any atom is -0.537 e. The van der Waals surface area contributed by atoms with Crippen LogP contribution in [-0.4, -0.2) is 103 Å². The molecule has 0 amide bonds. The fraction of sp³-hybridized carbons (Fsp3) is 0.149. The summed E-state index contributed by atoms with van der Waals surface area (Å²) in [5.41, 5.74) is 7.13. The van der Waals surface area contributed by atoms with Gasteiger partial charge in [0.1, 0.15) is 28.1 Å². The van der Waals surface area contributed by atoms with Crippen molar-refractivity contribution in [1.29, 1.82) is 0 Å². The molecule has 0 aliphatic carbocycles. The van der Waals surface area contributed by atoms with E-state index in [1.807, 2.05) is 280 Å². The third-order valence-corrected chi connectivity index (χ3v) is 20.5. The number of benzene rings is 12. The van der Waals surface area contributed by atoms with Crippen LogP contribution >= 0.6 is 73.9 Å². The van der Waals surface area contributed by atoms with Crippen LogP contribution in [0.1, 0.15) is 56.8 Å². The number of para-hydroxylation sites is 2. The molecule has 2 fully saturated rings. The van der Waals surface area contributed by atoms with Crippen molar-refractivity contribution in [2.45, 2.75) is 77.8 Å². The molecule has 0 saturated carbocycles.